The van der Waals surface area contributed by atoms with Crippen LogP contribution in [0.4, 0.5) is 14.5 Å². The zero-order chi connectivity index (χ0) is 14.0. The number of nitrogen functional groups attached to an aromatic ring is 1. The van der Waals surface area contributed by atoms with E-state index in [0.29, 0.717) is 11.8 Å². The second-order valence-corrected chi connectivity index (χ2v) is 6.66. The summed E-state index contributed by atoms with van der Waals surface area (Å²) < 4.78 is 52.0. The molecule has 0 aliphatic heterocycles. The van der Waals surface area contributed by atoms with Crippen molar-refractivity contribution in [2.24, 2.45) is 0 Å². The van der Waals surface area contributed by atoms with E-state index in [4.69, 9.17) is 5.73 Å². The quantitative estimate of drug-likeness (QED) is 0.908. The molecule has 0 aliphatic carbocycles. The molecule has 1 heterocycles. The monoisotopic (exact) mass is 304 g/mol. The number of benzene rings is 1. The predicted molar refractivity (Wildman–Crippen MR) is 69.1 cm³/mol. The highest BCUT2D eigenvalue weighted by Gasteiger charge is 2.16. The van der Waals surface area contributed by atoms with Crippen LogP contribution in [0.15, 0.2) is 33.9 Å². The SMILES string of the molecule is Nc1csc(S(=O)(=O)NCc2ccc(F)cc2F)c1. The van der Waals surface area contributed by atoms with Crippen LogP contribution in [0.1, 0.15) is 5.56 Å². The van der Waals surface area contributed by atoms with Crippen molar-refractivity contribution in [2.75, 3.05) is 5.73 Å². The van der Waals surface area contributed by atoms with Gasteiger partial charge in [0.2, 0.25) is 10.0 Å². The summed E-state index contributed by atoms with van der Waals surface area (Å²) in [6, 6.07) is 4.27. The summed E-state index contributed by atoms with van der Waals surface area (Å²) in [6.07, 6.45) is 0. The standard InChI is InChI=1S/C11H10F2N2O2S2/c12-8-2-1-7(10(13)3-8)5-15-19(16,17)11-4-9(14)6-18-11/h1-4,6,15H,5,14H2. The Balaban J connectivity index is 2.14. The number of hydrogen-bond donors (Lipinski definition) is 2. The van der Waals surface area contributed by atoms with Gasteiger partial charge in [0, 0.05) is 29.2 Å². The lowest BCUT2D eigenvalue weighted by Gasteiger charge is -2.06. The molecule has 0 aliphatic rings. The first-order valence-electron chi connectivity index (χ1n) is 5.16. The molecule has 0 bridgehead atoms. The molecule has 0 saturated carbocycles. The molecule has 1 aromatic heterocycles. The van der Waals surface area contributed by atoms with E-state index < -0.39 is 21.7 Å². The van der Waals surface area contributed by atoms with Gasteiger partial charge in [0.15, 0.2) is 0 Å². The molecular weight excluding hydrogens is 294 g/mol. The normalized spacial score (nSPS) is 11.7. The maximum absolute atomic E-state index is 13.3. The molecule has 1 aromatic carbocycles. The van der Waals surface area contributed by atoms with E-state index in [-0.39, 0.29) is 16.3 Å². The topological polar surface area (TPSA) is 72.2 Å². The van der Waals surface area contributed by atoms with Crippen molar-refractivity contribution in [2.45, 2.75) is 10.8 Å². The van der Waals surface area contributed by atoms with Gasteiger partial charge in [-0.15, -0.1) is 11.3 Å². The Hall–Kier alpha value is -1.51. The van der Waals surface area contributed by atoms with Gasteiger partial charge in [-0.2, -0.15) is 0 Å². The lowest BCUT2D eigenvalue weighted by Crippen LogP contribution is -2.23. The van der Waals surface area contributed by atoms with E-state index in [1.54, 1.807) is 0 Å². The van der Waals surface area contributed by atoms with Crippen LogP contribution in [0.3, 0.4) is 0 Å². The van der Waals surface area contributed by atoms with Crippen molar-refractivity contribution in [3.63, 3.8) is 0 Å². The number of anilines is 1. The van der Waals surface area contributed by atoms with Gasteiger partial charge in [-0.1, -0.05) is 6.07 Å². The van der Waals surface area contributed by atoms with Crippen LogP contribution >= 0.6 is 11.3 Å². The maximum atomic E-state index is 13.3. The number of sulfonamides is 1. The highest BCUT2D eigenvalue weighted by Crippen LogP contribution is 2.21. The summed E-state index contributed by atoms with van der Waals surface area (Å²) in [7, 11) is -3.74. The number of nitrogens with one attached hydrogen (secondary N) is 1. The van der Waals surface area contributed by atoms with Crippen LogP contribution in [0.2, 0.25) is 0 Å². The molecule has 19 heavy (non-hydrogen) atoms. The first kappa shape index (κ1) is 13.9. The van der Waals surface area contributed by atoms with E-state index in [2.05, 4.69) is 4.72 Å². The molecule has 0 spiro atoms. The summed E-state index contributed by atoms with van der Waals surface area (Å²) >= 11 is 0.969. The van der Waals surface area contributed by atoms with Crippen LogP contribution in [0, 0.1) is 11.6 Å². The molecule has 0 fully saturated rings. The number of rotatable bonds is 4. The fourth-order valence-corrected chi connectivity index (χ4v) is 3.51. The van der Waals surface area contributed by atoms with Gasteiger partial charge in [-0.05, 0) is 12.1 Å². The minimum absolute atomic E-state index is 0.0486. The molecule has 4 nitrogen and oxygen atoms in total. The summed E-state index contributed by atoms with van der Waals surface area (Å²) in [4.78, 5) is 0. The minimum Gasteiger partial charge on any atom is -0.398 e. The molecule has 0 unspecified atom stereocenters. The first-order valence-corrected chi connectivity index (χ1v) is 7.52. The van der Waals surface area contributed by atoms with E-state index in [1.165, 1.54) is 17.5 Å². The van der Waals surface area contributed by atoms with Gasteiger partial charge in [0.25, 0.3) is 0 Å². The van der Waals surface area contributed by atoms with E-state index in [9.17, 15) is 17.2 Å². The maximum Gasteiger partial charge on any atom is 0.250 e. The third-order valence-corrected chi connectivity index (χ3v) is 5.19. The number of thiophene rings is 1. The average molecular weight is 304 g/mol. The Morgan fingerprint density at radius 3 is 2.58 bits per heavy atom. The summed E-state index contributed by atoms with van der Waals surface area (Å²) in [5.41, 5.74) is 5.85. The van der Waals surface area contributed by atoms with Crippen molar-refractivity contribution >= 4 is 27.0 Å². The van der Waals surface area contributed by atoms with Crippen LogP contribution < -0.4 is 10.5 Å². The van der Waals surface area contributed by atoms with Crippen LogP contribution in [-0.2, 0) is 16.6 Å². The van der Waals surface area contributed by atoms with Gasteiger partial charge < -0.3 is 5.73 Å². The minimum atomic E-state index is -3.74. The van der Waals surface area contributed by atoms with Crippen molar-refractivity contribution in [1.82, 2.24) is 4.72 Å². The Kier molecular flexibility index (Phi) is 3.83. The van der Waals surface area contributed by atoms with Crippen molar-refractivity contribution < 1.29 is 17.2 Å². The van der Waals surface area contributed by atoms with Gasteiger partial charge in [-0.25, -0.2) is 21.9 Å². The van der Waals surface area contributed by atoms with Gasteiger partial charge >= 0.3 is 0 Å². The summed E-state index contributed by atoms with van der Waals surface area (Å²) in [5.74, 6) is -1.51. The van der Waals surface area contributed by atoms with Crippen molar-refractivity contribution in [3.8, 4) is 0 Å². The largest absolute Gasteiger partial charge is 0.398 e. The van der Waals surface area contributed by atoms with Crippen LogP contribution in [0.5, 0.6) is 0 Å². The Bertz CT molecular complexity index is 698. The molecule has 102 valence electrons. The van der Waals surface area contributed by atoms with Gasteiger partial charge in [0.1, 0.15) is 15.8 Å². The van der Waals surface area contributed by atoms with Crippen LogP contribution in [-0.4, -0.2) is 8.42 Å². The first-order chi connectivity index (χ1) is 8.88. The van der Waals surface area contributed by atoms with E-state index >= 15 is 0 Å². The molecule has 8 heteroatoms. The highest BCUT2D eigenvalue weighted by molar-refractivity contribution is 7.91. The number of nitrogens with two attached hydrogens (primary N) is 1. The molecule has 0 radical (unpaired) electrons. The predicted octanol–water partition coefficient (Wildman–Crippen LogP) is 2.09. The van der Waals surface area contributed by atoms with Crippen LogP contribution in [0.25, 0.3) is 0 Å². The Labute approximate surface area is 112 Å². The Morgan fingerprint density at radius 1 is 1.26 bits per heavy atom. The van der Waals surface area contributed by atoms with Crippen molar-refractivity contribution in [3.05, 3.63) is 46.8 Å². The molecular formula is C11H10F2N2O2S2. The third kappa shape index (κ3) is 3.28. The molecule has 0 amide bonds. The summed E-state index contributed by atoms with van der Waals surface area (Å²) in [6.45, 7) is -0.258. The van der Waals surface area contributed by atoms with Gasteiger partial charge in [-0.3, -0.25) is 0 Å². The lowest BCUT2D eigenvalue weighted by molar-refractivity contribution is 0.563. The zero-order valence-corrected chi connectivity index (χ0v) is 11.2. The zero-order valence-electron chi connectivity index (χ0n) is 9.56. The Morgan fingerprint density at radius 2 is 2.00 bits per heavy atom. The molecule has 0 atom stereocenters. The fraction of sp³-hybridized carbons (Fsp3) is 0.0909. The average Bonchev–Trinajstić information content (AvgIpc) is 2.75. The second-order valence-electron chi connectivity index (χ2n) is 3.76. The number of halogens is 2. The molecule has 2 aromatic rings. The van der Waals surface area contributed by atoms with Gasteiger partial charge in [0.05, 0.1) is 0 Å². The van der Waals surface area contributed by atoms with E-state index in [0.717, 1.165) is 17.4 Å². The summed E-state index contributed by atoms with van der Waals surface area (Å²) in [5, 5.41) is 1.49. The molecule has 3 N–H and O–H groups in total. The third-order valence-electron chi connectivity index (χ3n) is 2.33. The molecule has 2 rings (SSSR count). The smallest absolute Gasteiger partial charge is 0.250 e. The van der Waals surface area contributed by atoms with Crippen molar-refractivity contribution in [1.29, 1.82) is 0 Å². The fourth-order valence-electron chi connectivity index (χ4n) is 1.38. The second kappa shape index (κ2) is 5.24. The highest BCUT2D eigenvalue weighted by atomic mass is 32.2. The number of hydrogen-bond acceptors (Lipinski definition) is 4. The van der Waals surface area contributed by atoms with E-state index in [1.807, 2.05) is 0 Å². The molecule has 0 saturated heterocycles. The lowest BCUT2D eigenvalue weighted by atomic mass is 10.2.